The molecule has 11 nitrogen and oxygen atoms in total. The van der Waals surface area contributed by atoms with E-state index in [1.54, 1.807) is 0 Å². The van der Waals surface area contributed by atoms with Crippen molar-refractivity contribution in [3.05, 3.63) is 36.0 Å². The van der Waals surface area contributed by atoms with E-state index in [1.165, 1.54) is 0 Å². The largest absolute Gasteiger partial charge is 0.361 e. The number of benzene rings is 1. The van der Waals surface area contributed by atoms with Crippen LogP contribution in [0.1, 0.15) is 80.2 Å². The molecule has 5 amide bonds. The van der Waals surface area contributed by atoms with Crippen molar-refractivity contribution in [2.24, 2.45) is 23.7 Å². The van der Waals surface area contributed by atoms with Gasteiger partial charge >= 0.3 is 0 Å². The molecule has 1 fully saturated rings. The van der Waals surface area contributed by atoms with Gasteiger partial charge in [0.05, 0.1) is 0 Å². The number of nitrogens with one attached hydrogen (secondary N) is 6. The van der Waals surface area contributed by atoms with E-state index in [-0.39, 0.29) is 30.1 Å². The van der Waals surface area contributed by atoms with Crippen molar-refractivity contribution in [3.8, 4) is 0 Å². The van der Waals surface area contributed by atoms with Gasteiger partial charge in [0.2, 0.25) is 29.5 Å². The fourth-order valence-corrected chi connectivity index (χ4v) is 5.71. The Kier molecular flexibility index (Phi) is 12.6. The van der Waals surface area contributed by atoms with Gasteiger partial charge in [-0.2, -0.15) is 0 Å². The molecule has 0 saturated carbocycles. The SMILES string of the molecule is CC(C)C[C@@H]1NC(=O)[C@@H](CC(C)C)NC(=O)[C@@H](Cc2c[nH]c3ccccc23)NC(=O)[C@H](CC(C)C)NC(=O)[C@@H](C(C)C)NC1=O. The topological polar surface area (TPSA) is 161 Å². The van der Waals surface area contributed by atoms with Crippen molar-refractivity contribution in [3.63, 3.8) is 0 Å². The van der Waals surface area contributed by atoms with Gasteiger partial charge in [-0.1, -0.05) is 73.6 Å². The van der Waals surface area contributed by atoms with Gasteiger partial charge in [0.1, 0.15) is 30.2 Å². The fourth-order valence-electron chi connectivity index (χ4n) is 5.71. The van der Waals surface area contributed by atoms with E-state index >= 15 is 0 Å². The van der Waals surface area contributed by atoms with Crippen molar-refractivity contribution in [2.75, 3.05) is 0 Å². The highest BCUT2D eigenvalue weighted by atomic mass is 16.2. The molecule has 1 aromatic heterocycles. The van der Waals surface area contributed by atoms with Gasteiger partial charge in [-0.25, -0.2) is 0 Å². The molecule has 1 saturated heterocycles. The maximum atomic E-state index is 14.0. The number of amides is 5. The average molecular weight is 625 g/mol. The molecule has 248 valence electrons. The predicted molar refractivity (Wildman–Crippen MR) is 175 cm³/mol. The summed E-state index contributed by atoms with van der Waals surface area (Å²) in [5.41, 5.74) is 1.72. The van der Waals surface area contributed by atoms with Crippen molar-refractivity contribution < 1.29 is 24.0 Å². The molecular weight excluding hydrogens is 572 g/mol. The summed E-state index contributed by atoms with van der Waals surface area (Å²) in [6.45, 7) is 15.3. The number of aromatic nitrogens is 1. The van der Waals surface area contributed by atoms with Crippen LogP contribution in [0.25, 0.3) is 10.9 Å². The van der Waals surface area contributed by atoms with E-state index in [0.717, 1.165) is 16.5 Å². The molecule has 0 aliphatic carbocycles. The Morgan fingerprint density at radius 2 is 0.978 bits per heavy atom. The number of hydrogen-bond donors (Lipinski definition) is 6. The third-order valence-electron chi connectivity index (χ3n) is 8.00. The van der Waals surface area contributed by atoms with Crippen LogP contribution < -0.4 is 26.6 Å². The van der Waals surface area contributed by atoms with Crippen molar-refractivity contribution >= 4 is 40.4 Å². The summed E-state index contributed by atoms with van der Waals surface area (Å²) >= 11 is 0. The van der Waals surface area contributed by atoms with E-state index in [1.807, 2.05) is 85.9 Å². The zero-order chi connectivity index (χ0) is 33.4. The molecule has 1 aromatic carbocycles. The Hall–Kier alpha value is -3.89. The van der Waals surface area contributed by atoms with E-state index in [9.17, 15) is 24.0 Å². The van der Waals surface area contributed by atoms with Gasteiger partial charge in [-0.15, -0.1) is 0 Å². The highest BCUT2D eigenvalue weighted by molar-refractivity contribution is 5.98. The van der Waals surface area contributed by atoms with Crippen molar-refractivity contribution in [2.45, 2.75) is 111 Å². The fraction of sp³-hybridized carbons (Fsp3) is 0.618. The first-order valence-electron chi connectivity index (χ1n) is 16.2. The molecule has 3 rings (SSSR count). The quantitative estimate of drug-likeness (QED) is 0.253. The van der Waals surface area contributed by atoms with Gasteiger partial charge in [0.25, 0.3) is 0 Å². The molecule has 2 heterocycles. The van der Waals surface area contributed by atoms with Gasteiger partial charge < -0.3 is 31.6 Å². The summed E-state index contributed by atoms with van der Waals surface area (Å²) in [6.07, 6.45) is 2.96. The average Bonchev–Trinajstić information content (AvgIpc) is 3.35. The number of hydrogen-bond acceptors (Lipinski definition) is 5. The summed E-state index contributed by atoms with van der Waals surface area (Å²) < 4.78 is 0. The number of aromatic amines is 1. The summed E-state index contributed by atoms with van der Waals surface area (Å²) in [4.78, 5) is 71.9. The molecule has 0 spiro atoms. The van der Waals surface area contributed by atoms with Crippen LogP contribution in [0.4, 0.5) is 0 Å². The highest BCUT2D eigenvalue weighted by Crippen LogP contribution is 2.20. The predicted octanol–water partition coefficient (Wildman–Crippen LogP) is 2.94. The normalized spacial score (nSPS) is 24.3. The Balaban J connectivity index is 2.09. The lowest BCUT2D eigenvalue weighted by Crippen LogP contribution is -2.59. The minimum absolute atomic E-state index is 0.0452. The Morgan fingerprint density at radius 3 is 1.47 bits per heavy atom. The Labute approximate surface area is 266 Å². The second kappa shape index (κ2) is 15.9. The van der Waals surface area contributed by atoms with E-state index in [2.05, 4.69) is 31.6 Å². The van der Waals surface area contributed by atoms with Gasteiger partial charge in [-0.05, 0) is 54.6 Å². The molecule has 5 atom stereocenters. The van der Waals surface area contributed by atoms with Crippen molar-refractivity contribution in [1.29, 1.82) is 0 Å². The Bertz CT molecular complexity index is 1350. The third kappa shape index (κ3) is 10.1. The molecule has 2 aromatic rings. The van der Waals surface area contributed by atoms with E-state index < -0.39 is 59.7 Å². The number of carbonyl (C=O) groups excluding carboxylic acids is 5. The highest BCUT2D eigenvalue weighted by Gasteiger charge is 2.36. The van der Waals surface area contributed by atoms with Crippen LogP contribution >= 0.6 is 0 Å². The summed E-state index contributed by atoms with van der Waals surface area (Å²) in [7, 11) is 0. The Morgan fingerprint density at radius 1 is 0.556 bits per heavy atom. The third-order valence-corrected chi connectivity index (χ3v) is 8.00. The number of carbonyl (C=O) groups is 5. The van der Waals surface area contributed by atoms with Gasteiger partial charge in [0.15, 0.2) is 0 Å². The second-order valence-electron chi connectivity index (χ2n) is 13.9. The maximum Gasteiger partial charge on any atom is 0.243 e. The van der Waals surface area contributed by atoms with Gasteiger partial charge in [0, 0.05) is 23.5 Å². The lowest BCUT2D eigenvalue weighted by molar-refractivity contribution is -0.135. The second-order valence-corrected chi connectivity index (χ2v) is 13.9. The molecule has 6 N–H and O–H groups in total. The van der Waals surface area contributed by atoms with Crippen LogP contribution in [0.3, 0.4) is 0 Å². The molecule has 11 heteroatoms. The summed E-state index contributed by atoms with van der Waals surface area (Å²) in [6, 6.07) is 2.89. The van der Waals surface area contributed by atoms with Crippen LogP contribution in [0.15, 0.2) is 30.5 Å². The van der Waals surface area contributed by atoms with Crippen LogP contribution in [-0.2, 0) is 30.4 Å². The monoisotopic (exact) mass is 624 g/mol. The van der Waals surface area contributed by atoms with Crippen LogP contribution in [0.2, 0.25) is 0 Å². The lowest BCUT2D eigenvalue weighted by atomic mass is 9.98. The zero-order valence-corrected chi connectivity index (χ0v) is 28.0. The van der Waals surface area contributed by atoms with Crippen LogP contribution in [0.5, 0.6) is 0 Å². The smallest absolute Gasteiger partial charge is 0.243 e. The summed E-state index contributed by atoms with van der Waals surface area (Å²) in [5.74, 6) is -2.66. The first-order chi connectivity index (χ1) is 21.2. The molecule has 45 heavy (non-hydrogen) atoms. The minimum atomic E-state index is -1.04. The molecular formula is C34H52N6O5. The minimum Gasteiger partial charge on any atom is -0.361 e. The number of fused-ring (bicyclic) bond motifs is 1. The van der Waals surface area contributed by atoms with Gasteiger partial charge in [-0.3, -0.25) is 24.0 Å². The van der Waals surface area contributed by atoms with E-state index in [0.29, 0.717) is 19.3 Å². The maximum absolute atomic E-state index is 14.0. The zero-order valence-electron chi connectivity index (χ0n) is 28.0. The molecule has 0 unspecified atom stereocenters. The standard InChI is InChI=1S/C34H52N6O5/c1-18(2)13-25-30(41)37-27(15-20(5)6)33(44)40-29(21(7)8)34(45)39-26(14-19(3)4)31(42)38-28(32(43)36-25)16-22-17-35-24-12-10-9-11-23(22)24/h9-12,17-21,25-29,35H,13-16H2,1-8H3,(H,36,43)(H,37,41)(H,38,42)(H,39,45)(H,40,44)/t25-,26+,27+,28-,29-/m1/s1. The molecule has 0 bridgehead atoms. The van der Waals surface area contributed by atoms with E-state index in [4.69, 9.17) is 0 Å². The number of H-pyrrole nitrogens is 1. The number of rotatable bonds is 9. The first kappa shape index (κ1) is 35.6. The van der Waals surface area contributed by atoms with Crippen LogP contribution in [0, 0.1) is 23.7 Å². The molecule has 1 aliphatic rings. The first-order valence-corrected chi connectivity index (χ1v) is 16.2. The number of para-hydroxylation sites is 1. The lowest BCUT2D eigenvalue weighted by Gasteiger charge is -2.28. The van der Waals surface area contributed by atoms with Crippen molar-refractivity contribution in [1.82, 2.24) is 31.6 Å². The molecule has 1 aliphatic heterocycles. The molecule has 0 radical (unpaired) electrons. The summed E-state index contributed by atoms with van der Waals surface area (Å²) in [5, 5.41) is 15.2. The van der Waals surface area contributed by atoms with Crippen LogP contribution in [-0.4, -0.2) is 64.7 Å².